The summed E-state index contributed by atoms with van der Waals surface area (Å²) in [6.07, 6.45) is 17.0. The quantitative estimate of drug-likeness (QED) is 0.171. The molecule has 1 aromatic heterocycles. The molecular formula is C64H58N2. The van der Waals surface area contributed by atoms with Crippen molar-refractivity contribution in [1.29, 1.82) is 0 Å². The summed E-state index contributed by atoms with van der Waals surface area (Å²) >= 11 is 0. The number of benzene rings is 7. The second kappa shape index (κ2) is 13.4. The molecular weight excluding hydrogens is 797 g/mol. The van der Waals surface area contributed by atoms with Crippen LogP contribution in [-0.4, -0.2) is 4.57 Å². The standard InChI is InChI=1S/C64H58N2/c1-5-13-57-51(9-1)53-27-25-50(38-60(53)64(57)44-20-18-40-30-42(34-44)36-46(64)32-40)65(47-21-23-48(24-22-47)66-61-15-7-3-11-54(61)55-12-4-8-16-62(55)66)49-26-28-59-56(37-49)52-10-2-6-14-58(52)63(59)43-19-17-39-29-41(33-43)35-45(63)31-39/h1-16,21-28,37-46H,17-20,29-36H2. The predicted octanol–water partition coefficient (Wildman–Crippen LogP) is 16.5. The number of para-hydroxylation sites is 2. The van der Waals surface area contributed by atoms with Crippen LogP contribution in [-0.2, 0) is 10.8 Å². The highest BCUT2D eigenvalue weighted by molar-refractivity contribution is 6.09. The first-order valence-electron chi connectivity index (χ1n) is 26.0. The number of rotatable bonds is 4. The van der Waals surface area contributed by atoms with E-state index in [4.69, 9.17) is 0 Å². The third-order valence-electron chi connectivity index (χ3n) is 20.1. The van der Waals surface area contributed by atoms with Gasteiger partial charge in [-0.15, -0.1) is 0 Å². The molecule has 66 heavy (non-hydrogen) atoms. The zero-order valence-corrected chi connectivity index (χ0v) is 38.0. The van der Waals surface area contributed by atoms with Crippen molar-refractivity contribution in [3.05, 3.63) is 180 Å². The first kappa shape index (κ1) is 37.3. The van der Waals surface area contributed by atoms with Gasteiger partial charge < -0.3 is 9.47 Å². The van der Waals surface area contributed by atoms with E-state index in [2.05, 4.69) is 167 Å². The lowest BCUT2D eigenvalue weighted by atomic mass is 9.51. The average Bonchev–Trinajstić information content (AvgIpc) is 3.80. The summed E-state index contributed by atoms with van der Waals surface area (Å²) in [5, 5.41) is 2.61. The number of anilines is 3. The Labute approximate surface area is 389 Å². The molecule has 8 bridgehead atoms. The molecule has 10 unspecified atom stereocenters. The van der Waals surface area contributed by atoms with Crippen LogP contribution in [0.2, 0.25) is 0 Å². The third kappa shape index (κ3) is 4.74. The van der Waals surface area contributed by atoms with E-state index in [0.717, 1.165) is 41.4 Å². The summed E-state index contributed by atoms with van der Waals surface area (Å²) in [4.78, 5) is 2.65. The second-order valence-electron chi connectivity index (χ2n) is 22.8. The van der Waals surface area contributed by atoms with Crippen LogP contribution in [0.3, 0.4) is 0 Å². The van der Waals surface area contributed by atoms with Gasteiger partial charge in [0, 0.05) is 44.4 Å². The van der Waals surface area contributed by atoms with Gasteiger partial charge in [0.2, 0.25) is 0 Å². The maximum absolute atomic E-state index is 2.71. The normalized spacial score (nSPS) is 31.3. The van der Waals surface area contributed by atoms with E-state index in [1.54, 1.807) is 22.3 Å². The van der Waals surface area contributed by atoms with Gasteiger partial charge >= 0.3 is 0 Å². The molecule has 10 atom stereocenters. The lowest BCUT2D eigenvalue weighted by Gasteiger charge is -2.53. The number of fused-ring (bicyclic) bond motifs is 11. The Morgan fingerprint density at radius 3 is 1.47 bits per heavy atom. The zero-order valence-electron chi connectivity index (χ0n) is 38.0. The number of hydrogen-bond acceptors (Lipinski definition) is 1. The van der Waals surface area contributed by atoms with Crippen molar-refractivity contribution in [3.63, 3.8) is 0 Å². The number of nitrogens with zero attached hydrogens (tertiary/aromatic N) is 2. The Morgan fingerprint density at radius 1 is 0.348 bits per heavy atom. The molecule has 1 heterocycles. The van der Waals surface area contributed by atoms with Gasteiger partial charge in [0.15, 0.2) is 0 Å². The molecule has 10 aliphatic carbocycles. The summed E-state index contributed by atoms with van der Waals surface area (Å²) in [6.45, 7) is 0. The predicted molar refractivity (Wildman–Crippen MR) is 271 cm³/mol. The van der Waals surface area contributed by atoms with Crippen LogP contribution < -0.4 is 4.90 Å². The fourth-order valence-electron chi connectivity index (χ4n) is 18.2. The van der Waals surface area contributed by atoms with Crippen molar-refractivity contribution in [2.75, 3.05) is 4.90 Å². The highest BCUT2D eigenvalue weighted by Crippen LogP contribution is 2.70. The second-order valence-corrected chi connectivity index (χ2v) is 22.8. The van der Waals surface area contributed by atoms with Crippen molar-refractivity contribution in [2.24, 2.45) is 47.3 Å². The number of hydrogen-bond donors (Lipinski definition) is 0. The SMILES string of the molecule is c1ccc2c(c1)-c1cc(N(c3ccc(-n4c5ccccc5c5ccccc54)cc3)c3ccc4c(c3)C3(c5ccccc5-4)C4CCC5CC(C4)CC3C5)ccc1C21C2CCC3CC(C2)CC1C3. The molecule has 8 saturated carbocycles. The van der Waals surface area contributed by atoms with E-state index in [1.165, 1.54) is 144 Å². The largest absolute Gasteiger partial charge is 0.310 e. The molecule has 2 spiro atoms. The lowest BCUT2D eigenvalue weighted by molar-refractivity contribution is 0.0617. The summed E-state index contributed by atoms with van der Waals surface area (Å²) in [5.74, 6) is 6.58. The van der Waals surface area contributed by atoms with Crippen molar-refractivity contribution < 1.29 is 0 Å². The molecule has 0 saturated heterocycles. The maximum atomic E-state index is 2.71. The number of aromatic nitrogens is 1. The minimum atomic E-state index is 0.0981. The minimum Gasteiger partial charge on any atom is -0.310 e. The summed E-state index contributed by atoms with van der Waals surface area (Å²) in [5.41, 5.74) is 20.3. The fourth-order valence-corrected chi connectivity index (χ4v) is 18.2. The van der Waals surface area contributed by atoms with Crippen LogP contribution >= 0.6 is 0 Å². The molecule has 7 aromatic carbocycles. The molecule has 324 valence electrons. The molecule has 8 fully saturated rings. The Hall–Kier alpha value is -5.86. The van der Waals surface area contributed by atoms with Crippen LogP contribution in [0.4, 0.5) is 17.1 Å². The Morgan fingerprint density at radius 2 is 0.818 bits per heavy atom. The van der Waals surface area contributed by atoms with Crippen molar-refractivity contribution in [2.45, 2.75) is 87.9 Å². The first-order chi connectivity index (χ1) is 32.6. The van der Waals surface area contributed by atoms with Gasteiger partial charge in [-0.3, -0.25) is 0 Å². The minimum absolute atomic E-state index is 0.0981. The van der Waals surface area contributed by atoms with Gasteiger partial charge in [0.05, 0.1) is 11.0 Å². The molecule has 0 aliphatic heterocycles. The van der Waals surface area contributed by atoms with Crippen molar-refractivity contribution in [1.82, 2.24) is 4.57 Å². The monoisotopic (exact) mass is 854 g/mol. The van der Waals surface area contributed by atoms with Gasteiger partial charge in [-0.1, -0.05) is 110 Å². The van der Waals surface area contributed by atoms with E-state index in [0.29, 0.717) is 5.92 Å². The molecule has 2 nitrogen and oxygen atoms in total. The van der Waals surface area contributed by atoms with Crippen molar-refractivity contribution >= 4 is 38.9 Å². The van der Waals surface area contributed by atoms with Crippen LogP contribution in [0.1, 0.15) is 99.3 Å². The van der Waals surface area contributed by atoms with Crippen LogP contribution in [0.25, 0.3) is 49.7 Å². The molecule has 8 aromatic rings. The first-order valence-corrected chi connectivity index (χ1v) is 26.0. The van der Waals surface area contributed by atoms with E-state index >= 15 is 0 Å². The molecule has 0 N–H and O–H groups in total. The topological polar surface area (TPSA) is 8.17 Å². The van der Waals surface area contributed by atoms with Gasteiger partial charge in [0.1, 0.15) is 0 Å². The summed E-state index contributed by atoms with van der Waals surface area (Å²) in [6, 6.07) is 62.3. The molecule has 18 rings (SSSR count). The molecule has 0 radical (unpaired) electrons. The van der Waals surface area contributed by atoms with Crippen LogP contribution in [0.15, 0.2) is 158 Å². The van der Waals surface area contributed by atoms with Gasteiger partial charge in [-0.25, -0.2) is 0 Å². The highest BCUT2D eigenvalue weighted by Gasteiger charge is 2.61. The molecule has 0 amide bonds. The van der Waals surface area contributed by atoms with Gasteiger partial charge in [-0.2, -0.15) is 0 Å². The van der Waals surface area contributed by atoms with E-state index < -0.39 is 0 Å². The van der Waals surface area contributed by atoms with Gasteiger partial charge in [0.25, 0.3) is 0 Å². The molecule has 10 aliphatic rings. The van der Waals surface area contributed by atoms with E-state index in [1.807, 2.05) is 0 Å². The Balaban J connectivity index is 0.901. The smallest absolute Gasteiger partial charge is 0.0541 e. The maximum Gasteiger partial charge on any atom is 0.0541 e. The molecule has 2 heteroatoms. The Kier molecular flexibility index (Phi) is 7.56. The zero-order chi connectivity index (χ0) is 42.9. The highest BCUT2D eigenvalue weighted by atomic mass is 15.1. The van der Waals surface area contributed by atoms with Gasteiger partial charge in [-0.05, 0) is 217 Å². The average molecular weight is 855 g/mol. The summed E-state index contributed by atoms with van der Waals surface area (Å²) in [7, 11) is 0. The van der Waals surface area contributed by atoms with Crippen molar-refractivity contribution in [3.8, 4) is 27.9 Å². The van der Waals surface area contributed by atoms with E-state index in [-0.39, 0.29) is 10.8 Å². The fraction of sp³-hybridized carbons (Fsp3) is 0.344. The van der Waals surface area contributed by atoms with Crippen LogP contribution in [0, 0.1) is 47.3 Å². The third-order valence-corrected chi connectivity index (χ3v) is 20.1. The van der Waals surface area contributed by atoms with Crippen LogP contribution in [0.5, 0.6) is 0 Å². The summed E-state index contributed by atoms with van der Waals surface area (Å²) < 4.78 is 2.46. The lowest BCUT2D eigenvalue weighted by Crippen LogP contribution is -2.48. The Bertz CT molecular complexity index is 3240. The van der Waals surface area contributed by atoms with E-state index in [9.17, 15) is 0 Å².